The predicted molar refractivity (Wildman–Crippen MR) is 103 cm³/mol. The van der Waals surface area contributed by atoms with E-state index in [1.807, 2.05) is 0 Å². The first-order valence-electron chi connectivity index (χ1n) is 8.26. The van der Waals surface area contributed by atoms with E-state index >= 15 is 0 Å². The van der Waals surface area contributed by atoms with Gasteiger partial charge in [0, 0.05) is 5.56 Å². The number of hydrogen-bond acceptors (Lipinski definition) is 8. The highest BCUT2D eigenvalue weighted by Gasteiger charge is 2.32. The van der Waals surface area contributed by atoms with Crippen molar-refractivity contribution in [1.29, 1.82) is 0 Å². The largest absolute Gasteiger partial charge is 0.485 e. The molecule has 29 heavy (non-hydrogen) atoms. The average molecular weight is 417 g/mol. The van der Waals surface area contributed by atoms with E-state index in [1.165, 1.54) is 18.3 Å². The molecule has 1 saturated heterocycles. The number of aromatic carboxylic acids is 1. The van der Waals surface area contributed by atoms with Crippen LogP contribution in [0, 0.1) is 0 Å². The number of carboxylic acids is 2. The van der Waals surface area contributed by atoms with E-state index in [0.29, 0.717) is 17.1 Å². The van der Waals surface area contributed by atoms with Crippen LogP contribution < -0.4 is 10.1 Å². The lowest BCUT2D eigenvalue weighted by atomic mass is 10.2. The normalized spacial score (nSPS) is 17.6. The van der Waals surface area contributed by atoms with E-state index in [4.69, 9.17) is 19.4 Å². The molecule has 1 aliphatic rings. The lowest BCUT2D eigenvalue weighted by Crippen LogP contribution is -2.26. The quantitative estimate of drug-likeness (QED) is 0.435. The van der Waals surface area contributed by atoms with Crippen LogP contribution in [0.4, 0.5) is 0 Å². The number of thioether (sulfide) groups is 1. The van der Waals surface area contributed by atoms with Gasteiger partial charge in [0.25, 0.3) is 0 Å². The van der Waals surface area contributed by atoms with E-state index in [0.717, 1.165) is 11.8 Å². The summed E-state index contributed by atoms with van der Waals surface area (Å²) < 4.78 is 10.8. The molecule has 3 rings (SSSR count). The summed E-state index contributed by atoms with van der Waals surface area (Å²) in [6, 6.07) is 9.82. The van der Waals surface area contributed by atoms with Crippen molar-refractivity contribution in [1.82, 2.24) is 5.32 Å². The van der Waals surface area contributed by atoms with E-state index in [9.17, 15) is 14.4 Å². The third-order valence-electron chi connectivity index (χ3n) is 3.64. The Morgan fingerprint density at radius 1 is 1.24 bits per heavy atom. The summed E-state index contributed by atoms with van der Waals surface area (Å²) in [5.74, 6) is -2.01. The van der Waals surface area contributed by atoms with Crippen LogP contribution in [0.2, 0.25) is 0 Å². The molecule has 1 aliphatic heterocycles. The third-order valence-corrected chi connectivity index (χ3v) is 4.72. The second kappa shape index (κ2) is 9.06. The lowest BCUT2D eigenvalue weighted by molar-refractivity contribution is -0.138. The van der Waals surface area contributed by atoms with Gasteiger partial charge in [0.2, 0.25) is 11.7 Å². The molecule has 0 aliphatic carbocycles. The first-order valence-corrected chi connectivity index (χ1v) is 9.14. The van der Waals surface area contributed by atoms with Gasteiger partial charge in [-0.1, -0.05) is 23.9 Å². The molecule has 10 nitrogen and oxygen atoms in total. The molecule has 3 N–H and O–H groups in total. The Labute approximate surface area is 168 Å². The number of amidine groups is 1. The predicted octanol–water partition coefficient (Wildman–Crippen LogP) is 1.95. The van der Waals surface area contributed by atoms with Gasteiger partial charge in [0.15, 0.2) is 5.17 Å². The minimum atomic E-state index is -1.16. The highest BCUT2D eigenvalue weighted by Crippen LogP contribution is 2.23. The van der Waals surface area contributed by atoms with Crippen molar-refractivity contribution in [2.45, 2.75) is 18.3 Å². The van der Waals surface area contributed by atoms with E-state index < -0.39 is 23.1 Å². The molecular weight excluding hydrogens is 402 g/mol. The number of carbonyl (C=O) groups is 3. The smallest absolute Gasteiger partial charge is 0.371 e. The standard InChI is InChI=1S/C18H15N3O7S/c22-15(23)7-14-16(24)20-18(29-14)21-19-8-10-3-1-2-4-12(10)27-9-11-5-6-13(28-11)17(25)26/h1-6,8,14H,7,9H2,(H,22,23)(H,25,26)(H,20,21,24). The van der Waals surface area contributed by atoms with Crippen LogP contribution in [-0.2, 0) is 16.2 Å². The molecule has 0 saturated carbocycles. The molecular formula is C18H15N3O7S. The van der Waals surface area contributed by atoms with E-state index in [2.05, 4.69) is 15.5 Å². The number of carbonyl (C=O) groups excluding carboxylic acids is 1. The Morgan fingerprint density at radius 2 is 2.03 bits per heavy atom. The Morgan fingerprint density at radius 3 is 2.76 bits per heavy atom. The number of nitrogens with one attached hydrogen (secondary N) is 1. The topological polar surface area (TPSA) is 151 Å². The zero-order chi connectivity index (χ0) is 20.8. The zero-order valence-electron chi connectivity index (χ0n) is 14.8. The summed E-state index contributed by atoms with van der Waals surface area (Å²) in [6.07, 6.45) is 1.12. The van der Waals surface area contributed by atoms with Gasteiger partial charge < -0.3 is 24.7 Å². The monoisotopic (exact) mass is 417 g/mol. The van der Waals surface area contributed by atoms with Gasteiger partial charge in [-0.25, -0.2) is 4.79 Å². The second-order valence-electron chi connectivity index (χ2n) is 5.74. The molecule has 1 amide bonds. The number of ether oxygens (including phenoxy) is 1. The molecule has 0 bridgehead atoms. The Kier molecular flexibility index (Phi) is 6.29. The Bertz CT molecular complexity index is 999. The summed E-state index contributed by atoms with van der Waals surface area (Å²) in [5.41, 5.74) is 0.596. The van der Waals surface area contributed by atoms with Gasteiger partial charge in [-0.15, -0.1) is 5.10 Å². The molecule has 11 heteroatoms. The maximum atomic E-state index is 11.7. The molecule has 1 fully saturated rings. The molecule has 2 heterocycles. The highest BCUT2D eigenvalue weighted by molar-refractivity contribution is 8.15. The summed E-state index contributed by atoms with van der Waals surface area (Å²) in [4.78, 5) is 33.2. The summed E-state index contributed by atoms with van der Waals surface area (Å²) in [7, 11) is 0. The van der Waals surface area contributed by atoms with Crippen LogP contribution >= 0.6 is 11.8 Å². The minimum absolute atomic E-state index is 0.0232. The highest BCUT2D eigenvalue weighted by atomic mass is 32.2. The maximum absolute atomic E-state index is 11.7. The van der Waals surface area contributed by atoms with Gasteiger partial charge in [-0.2, -0.15) is 5.10 Å². The summed E-state index contributed by atoms with van der Waals surface area (Å²) in [6.45, 7) is 0.0232. The fourth-order valence-electron chi connectivity index (χ4n) is 2.33. The maximum Gasteiger partial charge on any atom is 0.371 e. The van der Waals surface area contributed by atoms with Gasteiger partial charge >= 0.3 is 11.9 Å². The van der Waals surface area contributed by atoms with Gasteiger partial charge in [0.05, 0.1) is 12.6 Å². The SMILES string of the molecule is O=C(O)CC1SC(=NN=Cc2ccccc2OCc2ccc(C(=O)O)o2)NC1=O. The first-order chi connectivity index (χ1) is 13.9. The zero-order valence-corrected chi connectivity index (χ0v) is 15.6. The van der Waals surface area contributed by atoms with Crippen molar-refractivity contribution in [3.8, 4) is 5.75 Å². The summed E-state index contributed by atoms with van der Waals surface area (Å²) >= 11 is 1.00. The molecule has 1 unspecified atom stereocenters. The van der Waals surface area contributed by atoms with Crippen molar-refractivity contribution in [2.75, 3.05) is 0 Å². The Balaban J connectivity index is 1.63. The van der Waals surface area contributed by atoms with Gasteiger partial charge in [-0.3, -0.25) is 9.59 Å². The first kappa shape index (κ1) is 20.1. The number of aliphatic carboxylic acids is 1. The molecule has 1 aromatic carbocycles. The number of para-hydroxylation sites is 1. The number of furan rings is 1. The molecule has 2 aromatic rings. The number of carboxylic acid groups (broad SMARTS) is 2. The molecule has 1 aromatic heterocycles. The van der Waals surface area contributed by atoms with Crippen LogP contribution in [0.15, 0.2) is 51.0 Å². The molecule has 0 spiro atoms. The van der Waals surface area contributed by atoms with Crippen molar-refractivity contribution in [3.05, 3.63) is 53.5 Å². The lowest BCUT2D eigenvalue weighted by Gasteiger charge is -2.06. The Hall–Kier alpha value is -3.60. The average Bonchev–Trinajstić information content (AvgIpc) is 3.28. The van der Waals surface area contributed by atoms with Crippen LogP contribution in [0.3, 0.4) is 0 Å². The minimum Gasteiger partial charge on any atom is -0.485 e. The summed E-state index contributed by atoms with van der Waals surface area (Å²) in [5, 5.41) is 27.4. The van der Waals surface area contributed by atoms with E-state index in [-0.39, 0.29) is 24.0 Å². The van der Waals surface area contributed by atoms with Crippen molar-refractivity contribution >= 4 is 41.0 Å². The van der Waals surface area contributed by atoms with Crippen molar-refractivity contribution in [2.24, 2.45) is 10.2 Å². The molecule has 0 radical (unpaired) electrons. The van der Waals surface area contributed by atoms with E-state index in [1.54, 1.807) is 24.3 Å². The fourth-order valence-corrected chi connectivity index (χ4v) is 3.24. The molecule has 150 valence electrons. The van der Waals surface area contributed by atoms with Crippen molar-refractivity contribution < 1.29 is 33.8 Å². The number of hydrogen-bond donors (Lipinski definition) is 3. The third kappa shape index (κ3) is 5.45. The van der Waals surface area contributed by atoms with Gasteiger partial charge in [-0.05, 0) is 24.3 Å². The number of amides is 1. The number of rotatable bonds is 8. The van der Waals surface area contributed by atoms with Crippen LogP contribution in [0.5, 0.6) is 5.75 Å². The fraction of sp³-hybridized carbons (Fsp3) is 0.167. The molecule has 1 atom stereocenters. The second-order valence-corrected chi connectivity index (χ2v) is 6.93. The number of nitrogens with zero attached hydrogens (tertiary/aromatic N) is 2. The van der Waals surface area contributed by atoms with Crippen LogP contribution in [0.25, 0.3) is 0 Å². The van der Waals surface area contributed by atoms with Crippen molar-refractivity contribution in [3.63, 3.8) is 0 Å². The van der Waals surface area contributed by atoms with Crippen LogP contribution in [-0.4, -0.2) is 44.7 Å². The van der Waals surface area contributed by atoms with Gasteiger partial charge in [0.1, 0.15) is 23.4 Å². The van der Waals surface area contributed by atoms with Crippen LogP contribution in [0.1, 0.15) is 28.3 Å². The number of benzene rings is 1.